The first-order chi connectivity index (χ1) is 7.69. The zero-order chi connectivity index (χ0) is 11.5. The van der Waals surface area contributed by atoms with Gasteiger partial charge in [0.05, 0.1) is 24.3 Å². The number of halogens is 1. The van der Waals surface area contributed by atoms with E-state index in [1.54, 1.807) is 0 Å². The van der Waals surface area contributed by atoms with Crippen LogP contribution >= 0.6 is 0 Å². The van der Waals surface area contributed by atoms with Crippen molar-refractivity contribution in [3.05, 3.63) is 29.6 Å². The molecule has 1 aliphatic carbocycles. The van der Waals surface area contributed by atoms with Gasteiger partial charge in [0.25, 0.3) is 0 Å². The van der Waals surface area contributed by atoms with Gasteiger partial charge in [-0.2, -0.15) is 5.26 Å². The molecular formula is C12H12FNO2. The molecule has 0 unspecified atom stereocenters. The van der Waals surface area contributed by atoms with Crippen molar-refractivity contribution < 1.29 is 14.2 Å². The number of nitrogens with zero attached hydrogens (tertiary/aromatic N) is 1. The van der Waals surface area contributed by atoms with Crippen molar-refractivity contribution in [2.24, 2.45) is 5.92 Å². The lowest BCUT2D eigenvalue weighted by atomic mass is 9.83. The van der Waals surface area contributed by atoms with Crippen LogP contribution in [0.25, 0.3) is 0 Å². The van der Waals surface area contributed by atoms with E-state index in [2.05, 4.69) is 0 Å². The van der Waals surface area contributed by atoms with Gasteiger partial charge in [0, 0.05) is 0 Å². The van der Waals surface area contributed by atoms with Crippen LogP contribution < -0.4 is 4.74 Å². The summed E-state index contributed by atoms with van der Waals surface area (Å²) in [6.07, 6.45) is 1.22. The monoisotopic (exact) mass is 221 g/mol. The maximum Gasteiger partial charge on any atom is 0.166 e. The molecule has 0 saturated heterocycles. The Morgan fingerprint density at radius 1 is 1.50 bits per heavy atom. The SMILES string of the molecule is N#Cc1ccc(OCC2CC(O)C2)c(F)c1. The van der Waals surface area contributed by atoms with E-state index in [4.69, 9.17) is 15.1 Å². The van der Waals surface area contributed by atoms with E-state index in [1.807, 2.05) is 6.07 Å². The van der Waals surface area contributed by atoms with Crippen molar-refractivity contribution in [2.45, 2.75) is 18.9 Å². The van der Waals surface area contributed by atoms with Crippen molar-refractivity contribution in [1.29, 1.82) is 5.26 Å². The van der Waals surface area contributed by atoms with E-state index in [-0.39, 0.29) is 17.4 Å². The summed E-state index contributed by atoms with van der Waals surface area (Å²) >= 11 is 0. The normalized spacial score (nSPS) is 23.3. The van der Waals surface area contributed by atoms with Gasteiger partial charge in [-0.3, -0.25) is 0 Å². The highest BCUT2D eigenvalue weighted by Gasteiger charge is 2.27. The zero-order valence-electron chi connectivity index (χ0n) is 8.69. The standard InChI is InChI=1S/C12H12FNO2/c13-11-5-8(6-14)1-2-12(11)16-7-9-3-10(15)4-9/h1-2,5,9-10,15H,3-4,7H2. The Bertz CT molecular complexity index is 422. The van der Waals surface area contributed by atoms with E-state index < -0.39 is 5.82 Å². The second-order valence-corrected chi connectivity index (χ2v) is 4.06. The predicted octanol–water partition coefficient (Wildman–Crippen LogP) is 1.85. The third-order valence-corrected chi connectivity index (χ3v) is 2.75. The molecule has 0 spiro atoms. The van der Waals surface area contributed by atoms with Crippen LogP contribution in [0.2, 0.25) is 0 Å². The molecule has 0 amide bonds. The van der Waals surface area contributed by atoms with Gasteiger partial charge < -0.3 is 9.84 Å². The summed E-state index contributed by atoms with van der Waals surface area (Å²) in [6.45, 7) is 0.417. The van der Waals surface area contributed by atoms with Crippen LogP contribution in [0.1, 0.15) is 18.4 Å². The molecule has 1 aliphatic rings. The van der Waals surface area contributed by atoms with Gasteiger partial charge in [-0.15, -0.1) is 0 Å². The Labute approximate surface area is 93.1 Å². The first-order valence-corrected chi connectivity index (χ1v) is 5.19. The Morgan fingerprint density at radius 2 is 2.25 bits per heavy atom. The van der Waals surface area contributed by atoms with Gasteiger partial charge in [-0.1, -0.05) is 0 Å². The third-order valence-electron chi connectivity index (χ3n) is 2.75. The van der Waals surface area contributed by atoms with Crippen molar-refractivity contribution in [2.75, 3.05) is 6.61 Å². The number of nitriles is 1. The van der Waals surface area contributed by atoms with Gasteiger partial charge >= 0.3 is 0 Å². The van der Waals surface area contributed by atoms with Crippen molar-refractivity contribution >= 4 is 0 Å². The third kappa shape index (κ3) is 2.31. The second-order valence-electron chi connectivity index (χ2n) is 4.06. The average molecular weight is 221 g/mol. The fourth-order valence-corrected chi connectivity index (χ4v) is 1.73. The maximum atomic E-state index is 13.4. The number of hydrogen-bond acceptors (Lipinski definition) is 3. The lowest BCUT2D eigenvalue weighted by molar-refractivity contribution is 0.0196. The molecular weight excluding hydrogens is 209 g/mol. The minimum atomic E-state index is -0.515. The molecule has 1 aromatic carbocycles. The number of aliphatic hydroxyl groups is 1. The van der Waals surface area contributed by atoms with Crippen LogP contribution in [-0.2, 0) is 0 Å². The summed E-state index contributed by atoms with van der Waals surface area (Å²) in [5.41, 5.74) is 0.281. The molecule has 84 valence electrons. The van der Waals surface area contributed by atoms with Crippen LogP contribution in [0.15, 0.2) is 18.2 Å². The molecule has 16 heavy (non-hydrogen) atoms. The minimum Gasteiger partial charge on any atom is -0.490 e. The Hall–Kier alpha value is -1.60. The van der Waals surface area contributed by atoms with Crippen molar-refractivity contribution in [3.8, 4) is 11.8 Å². The topological polar surface area (TPSA) is 53.2 Å². The summed E-state index contributed by atoms with van der Waals surface area (Å²) in [4.78, 5) is 0. The number of hydrogen-bond donors (Lipinski definition) is 1. The number of ether oxygens (including phenoxy) is 1. The van der Waals surface area contributed by atoms with Crippen LogP contribution in [-0.4, -0.2) is 17.8 Å². The van der Waals surface area contributed by atoms with Gasteiger partial charge in [0.15, 0.2) is 11.6 Å². The minimum absolute atomic E-state index is 0.167. The van der Waals surface area contributed by atoms with E-state index in [0.717, 1.165) is 18.9 Å². The molecule has 0 heterocycles. The van der Waals surface area contributed by atoms with E-state index in [1.165, 1.54) is 12.1 Å². The quantitative estimate of drug-likeness (QED) is 0.847. The average Bonchev–Trinajstić information content (AvgIpc) is 2.24. The molecule has 1 saturated carbocycles. The van der Waals surface area contributed by atoms with Crippen LogP contribution in [0.3, 0.4) is 0 Å². The predicted molar refractivity (Wildman–Crippen MR) is 55.3 cm³/mol. The van der Waals surface area contributed by atoms with Crippen molar-refractivity contribution in [1.82, 2.24) is 0 Å². The van der Waals surface area contributed by atoms with E-state index >= 15 is 0 Å². The van der Waals surface area contributed by atoms with Crippen LogP contribution in [0.5, 0.6) is 5.75 Å². The van der Waals surface area contributed by atoms with Gasteiger partial charge in [-0.25, -0.2) is 4.39 Å². The molecule has 1 N–H and O–H groups in total. The molecule has 4 heteroatoms. The Kier molecular flexibility index (Phi) is 3.07. The Balaban J connectivity index is 1.92. The first kappa shape index (κ1) is 10.9. The molecule has 1 aromatic rings. The zero-order valence-corrected chi connectivity index (χ0v) is 8.69. The number of aliphatic hydroxyl groups excluding tert-OH is 1. The summed E-state index contributed by atoms with van der Waals surface area (Å²) < 4.78 is 18.7. The number of benzene rings is 1. The van der Waals surface area contributed by atoms with Crippen molar-refractivity contribution in [3.63, 3.8) is 0 Å². The first-order valence-electron chi connectivity index (χ1n) is 5.19. The highest BCUT2D eigenvalue weighted by Crippen LogP contribution is 2.28. The molecule has 1 fully saturated rings. The van der Waals surface area contributed by atoms with Gasteiger partial charge in [-0.05, 0) is 37.0 Å². The fourth-order valence-electron chi connectivity index (χ4n) is 1.73. The number of rotatable bonds is 3. The maximum absolute atomic E-state index is 13.4. The molecule has 2 rings (SSSR count). The molecule has 0 radical (unpaired) electrons. The summed E-state index contributed by atoms with van der Waals surface area (Å²) in [5.74, 6) is -0.0376. The smallest absolute Gasteiger partial charge is 0.166 e. The fraction of sp³-hybridized carbons (Fsp3) is 0.417. The van der Waals surface area contributed by atoms with E-state index in [9.17, 15) is 4.39 Å². The van der Waals surface area contributed by atoms with E-state index in [0.29, 0.717) is 12.5 Å². The lowest BCUT2D eigenvalue weighted by Gasteiger charge is -2.30. The second kappa shape index (κ2) is 4.50. The van der Waals surface area contributed by atoms with Gasteiger partial charge in [0.1, 0.15) is 0 Å². The largest absolute Gasteiger partial charge is 0.490 e. The molecule has 3 nitrogen and oxygen atoms in total. The molecule has 0 bridgehead atoms. The van der Waals surface area contributed by atoms with Gasteiger partial charge in [0.2, 0.25) is 0 Å². The summed E-state index contributed by atoms with van der Waals surface area (Å²) in [6, 6.07) is 6.00. The highest BCUT2D eigenvalue weighted by molar-refractivity contribution is 5.35. The Morgan fingerprint density at radius 3 is 2.81 bits per heavy atom. The molecule has 0 aliphatic heterocycles. The highest BCUT2D eigenvalue weighted by atomic mass is 19.1. The molecule has 0 aromatic heterocycles. The van der Waals surface area contributed by atoms with Crippen LogP contribution in [0, 0.1) is 23.1 Å². The summed E-state index contributed by atoms with van der Waals surface area (Å²) in [7, 11) is 0. The molecule has 0 atom stereocenters. The lowest BCUT2D eigenvalue weighted by Crippen LogP contribution is -2.32. The summed E-state index contributed by atoms with van der Waals surface area (Å²) in [5, 5.41) is 17.6. The van der Waals surface area contributed by atoms with Crippen LogP contribution in [0.4, 0.5) is 4.39 Å².